The molecule has 0 aromatic heterocycles. The Bertz CT molecular complexity index is 280. The van der Waals surface area contributed by atoms with Gasteiger partial charge in [0.2, 0.25) is 0 Å². The van der Waals surface area contributed by atoms with E-state index >= 15 is 0 Å². The van der Waals surface area contributed by atoms with Crippen LogP contribution >= 0.6 is 0 Å². The lowest BCUT2D eigenvalue weighted by molar-refractivity contribution is 0.178. The van der Waals surface area contributed by atoms with E-state index in [1.165, 1.54) is 44.5 Å². The monoisotopic (exact) mass is 206 g/mol. The largest absolute Gasteiger partial charge is 0.363 e. The number of hydrogen-bond acceptors (Lipinski definition) is 2. The molecule has 0 aromatic carbocycles. The topological polar surface area (TPSA) is 15.6 Å². The van der Waals surface area contributed by atoms with Gasteiger partial charge in [0.15, 0.2) is 0 Å². The van der Waals surface area contributed by atoms with Gasteiger partial charge in [0.1, 0.15) is 0 Å². The summed E-state index contributed by atoms with van der Waals surface area (Å²) in [5.74, 6) is 1.21. The quantitative estimate of drug-likeness (QED) is 0.556. The summed E-state index contributed by atoms with van der Waals surface area (Å²) in [5, 5.41) is 0. The lowest BCUT2D eigenvalue weighted by atomic mass is 9.76. The van der Waals surface area contributed by atoms with Crippen molar-refractivity contribution in [1.82, 2.24) is 4.90 Å². The van der Waals surface area contributed by atoms with Gasteiger partial charge in [-0.2, -0.15) is 0 Å². The molecule has 0 N–H and O–H groups in total. The molecule has 0 amide bonds. The molecule has 1 aliphatic carbocycles. The predicted molar refractivity (Wildman–Crippen MR) is 65.3 cm³/mol. The van der Waals surface area contributed by atoms with E-state index in [0.717, 1.165) is 6.54 Å². The SMILES string of the molecule is CC1=NCC2(CC/C=C/CCC2)CN1C. The van der Waals surface area contributed by atoms with Crippen molar-refractivity contribution in [2.45, 2.75) is 39.0 Å². The highest BCUT2D eigenvalue weighted by Gasteiger charge is 2.33. The van der Waals surface area contributed by atoms with Crippen molar-refractivity contribution in [3.05, 3.63) is 12.2 Å². The van der Waals surface area contributed by atoms with Crippen LogP contribution in [0.5, 0.6) is 0 Å². The molecule has 1 atom stereocenters. The van der Waals surface area contributed by atoms with Crippen LogP contribution in [-0.4, -0.2) is 30.9 Å². The highest BCUT2D eigenvalue weighted by Crippen LogP contribution is 2.35. The number of allylic oxidation sites excluding steroid dienone is 2. The van der Waals surface area contributed by atoms with Crippen LogP contribution in [0.25, 0.3) is 0 Å². The van der Waals surface area contributed by atoms with Gasteiger partial charge in [0.05, 0.1) is 5.84 Å². The standard InChI is InChI=1S/C13H22N2/c1-12-14-10-13(11-15(12)2)8-6-4-3-5-7-9-13/h3-4H,5-11H2,1-2H3/b4-3+. The van der Waals surface area contributed by atoms with E-state index in [1.807, 2.05) is 0 Å². The molecular formula is C13H22N2. The van der Waals surface area contributed by atoms with Gasteiger partial charge in [-0.25, -0.2) is 0 Å². The van der Waals surface area contributed by atoms with Crippen LogP contribution in [0.4, 0.5) is 0 Å². The summed E-state index contributed by atoms with van der Waals surface area (Å²) in [4.78, 5) is 7.01. The van der Waals surface area contributed by atoms with Gasteiger partial charge >= 0.3 is 0 Å². The van der Waals surface area contributed by atoms with Crippen LogP contribution < -0.4 is 0 Å². The Balaban J connectivity index is 2.09. The lowest BCUT2D eigenvalue weighted by Crippen LogP contribution is -2.44. The fourth-order valence-corrected chi connectivity index (χ4v) is 2.73. The molecule has 0 bridgehead atoms. The summed E-state index contributed by atoms with van der Waals surface area (Å²) in [6.07, 6.45) is 11.2. The maximum atomic E-state index is 4.68. The van der Waals surface area contributed by atoms with Gasteiger partial charge in [-0.15, -0.1) is 0 Å². The minimum atomic E-state index is 0.471. The Morgan fingerprint density at radius 1 is 1.27 bits per heavy atom. The van der Waals surface area contributed by atoms with Crippen LogP contribution in [0.2, 0.25) is 0 Å². The number of hydrogen-bond donors (Lipinski definition) is 0. The summed E-state index contributed by atoms with van der Waals surface area (Å²) >= 11 is 0. The van der Waals surface area contributed by atoms with Crippen LogP contribution in [0.15, 0.2) is 17.1 Å². The Morgan fingerprint density at radius 2 is 2.07 bits per heavy atom. The second kappa shape index (κ2) is 4.38. The van der Waals surface area contributed by atoms with Crippen LogP contribution in [0.3, 0.4) is 0 Å². The maximum Gasteiger partial charge on any atom is 0.0955 e. The molecule has 15 heavy (non-hydrogen) atoms. The zero-order chi connectivity index (χ0) is 10.7. The Kier molecular flexibility index (Phi) is 3.13. The second-order valence-corrected chi connectivity index (χ2v) is 5.12. The molecule has 0 fully saturated rings. The molecule has 1 spiro atoms. The minimum absolute atomic E-state index is 0.471. The first-order valence-corrected chi connectivity index (χ1v) is 6.09. The molecule has 1 heterocycles. The van der Waals surface area contributed by atoms with Crippen molar-refractivity contribution in [3.63, 3.8) is 0 Å². The van der Waals surface area contributed by atoms with E-state index in [2.05, 4.69) is 36.0 Å². The molecular weight excluding hydrogens is 184 g/mol. The molecule has 0 saturated heterocycles. The highest BCUT2D eigenvalue weighted by molar-refractivity contribution is 5.80. The van der Waals surface area contributed by atoms with E-state index in [0.29, 0.717) is 5.41 Å². The van der Waals surface area contributed by atoms with E-state index in [-0.39, 0.29) is 0 Å². The van der Waals surface area contributed by atoms with Gasteiger partial charge in [0.25, 0.3) is 0 Å². The van der Waals surface area contributed by atoms with Gasteiger partial charge < -0.3 is 4.90 Å². The summed E-state index contributed by atoms with van der Waals surface area (Å²) in [6, 6.07) is 0. The van der Waals surface area contributed by atoms with Crippen molar-refractivity contribution >= 4 is 5.84 Å². The van der Waals surface area contributed by atoms with Crippen LogP contribution in [0, 0.1) is 5.41 Å². The Labute approximate surface area is 93.1 Å². The van der Waals surface area contributed by atoms with Crippen molar-refractivity contribution < 1.29 is 0 Å². The summed E-state index contributed by atoms with van der Waals surface area (Å²) in [6.45, 7) is 4.38. The average molecular weight is 206 g/mol. The zero-order valence-corrected chi connectivity index (χ0v) is 10.00. The lowest BCUT2D eigenvalue weighted by Gasteiger charge is -2.41. The summed E-state index contributed by atoms with van der Waals surface area (Å²) in [7, 11) is 2.17. The Hall–Kier alpha value is -0.790. The Morgan fingerprint density at radius 3 is 2.87 bits per heavy atom. The van der Waals surface area contributed by atoms with E-state index in [9.17, 15) is 0 Å². The molecule has 0 saturated carbocycles. The van der Waals surface area contributed by atoms with Crippen molar-refractivity contribution in [1.29, 1.82) is 0 Å². The smallest absolute Gasteiger partial charge is 0.0955 e. The molecule has 0 aromatic rings. The first kappa shape index (κ1) is 10.7. The first-order chi connectivity index (χ1) is 7.22. The number of aliphatic imine (C=N–C) groups is 1. The van der Waals surface area contributed by atoms with Gasteiger partial charge in [-0.3, -0.25) is 4.99 Å². The predicted octanol–water partition coefficient (Wildman–Crippen LogP) is 2.86. The fraction of sp³-hybridized carbons (Fsp3) is 0.769. The van der Waals surface area contributed by atoms with Crippen molar-refractivity contribution in [2.24, 2.45) is 10.4 Å². The molecule has 2 rings (SSSR count). The second-order valence-electron chi connectivity index (χ2n) is 5.12. The zero-order valence-electron chi connectivity index (χ0n) is 10.00. The van der Waals surface area contributed by atoms with Crippen molar-refractivity contribution in [3.8, 4) is 0 Å². The molecule has 2 nitrogen and oxygen atoms in total. The fourth-order valence-electron chi connectivity index (χ4n) is 2.73. The molecule has 1 aliphatic heterocycles. The van der Waals surface area contributed by atoms with Gasteiger partial charge in [-0.1, -0.05) is 12.2 Å². The van der Waals surface area contributed by atoms with Crippen molar-refractivity contribution in [2.75, 3.05) is 20.1 Å². The average Bonchev–Trinajstić information content (AvgIpc) is 2.18. The molecule has 1 unspecified atom stereocenters. The van der Waals surface area contributed by atoms with E-state index in [1.54, 1.807) is 0 Å². The van der Waals surface area contributed by atoms with Crippen LogP contribution in [-0.2, 0) is 0 Å². The third kappa shape index (κ3) is 2.42. The number of rotatable bonds is 0. The minimum Gasteiger partial charge on any atom is -0.363 e. The third-order valence-corrected chi connectivity index (χ3v) is 3.85. The van der Waals surface area contributed by atoms with Crippen LogP contribution in [0.1, 0.15) is 39.0 Å². The molecule has 0 radical (unpaired) electrons. The van der Waals surface area contributed by atoms with Gasteiger partial charge in [-0.05, 0) is 39.0 Å². The maximum absolute atomic E-state index is 4.68. The van der Waals surface area contributed by atoms with E-state index in [4.69, 9.17) is 0 Å². The number of amidine groups is 1. The first-order valence-electron chi connectivity index (χ1n) is 6.09. The van der Waals surface area contributed by atoms with Gasteiger partial charge in [0, 0.05) is 25.6 Å². The third-order valence-electron chi connectivity index (χ3n) is 3.85. The van der Waals surface area contributed by atoms with E-state index < -0.39 is 0 Å². The molecule has 84 valence electrons. The number of nitrogens with zero attached hydrogens (tertiary/aromatic N) is 2. The normalized spacial score (nSPS) is 34.5. The summed E-state index contributed by atoms with van der Waals surface area (Å²) in [5.41, 5.74) is 0.471. The molecule has 2 heteroatoms. The highest BCUT2D eigenvalue weighted by atomic mass is 15.2. The molecule has 2 aliphatic rings. The summed E-state index contributed by atoms with van der Waals surface area (Å²) < 4.78 is 0.